The van der Waals surface area contributed by atoms with Gasteiger partial charge in [0.25, 0.3) is 0 Å². The smallest absolute Gasteiger partial charge is 0.402 e. The summed E-state index contributed by atoms with van der Waals surface area (Å²) < 4.78 is 0. The van der Waals surface area contributed by atoms with Gasteiger partial charge in [-0.1, -0.05) is 0 Å². The maximum absolute atomic E-state index is 9.83. The van der Waals surface area contributed by atoms with Crippen LogP contribution in [0.5, 0.6) is 0 Å². The fourth-order valence-corrected chi connectivity index (χ4v) is 0. The van der Waals surface area contributed by atoms with Gasteiger partial charge in [0.05, 0.1) is 0 Å². The lowest BCUT2D eigenvalue weighted by molar-refractivity contribution is 0.205. The SMILES string of the molecule is CN(C)C(=O)Cl.NC(=O)O. The Balaban J connectivity index is 0. The number of halogens is 1. The van der Waals surface area contributed by atoms with Crippen molar-refractivity contribution in [1.29, 1.82) is 0 Å². The molecule has 0 bridgehead atoms. The number of carboxylic acid groups (broad SMARTS) is 1. The van der Waals surface area contributed by atoms with Crippen molar-refractivity contribution >= 4 is 23.1 Å². The van der Waals surface area contributed by atoms with Crippen LogP contribution in [0.25, 0.3) is 0 Å². The number of primary amides is 1. The Hall–Kier alpha value is -0.970. The highest BCUT2D eigenvalue weighted by Crippen LogP contribution is 1.83. The van der Waals surface area contributed by atoms with Crippen molar-refractivity contribution in [3.63, 3.8) is 0 Å². The summed E-state index contributed by atoms with van der Waals surface area (Å²) in [5, 5.41) is 6.76. The molecule has 0 aromatic carbocycles. The summed E-state index contributed by atoms with van der Waals surface area (Å²) in [5.74, 6) is 0. The molecule has 0 atom stereocenters. The first-order chi connectivity index (χ1) is 4.37. The van der Waals surface area contributed by atoms with E-state index < -0.39 is 11.5 Å². The van der Waals surface area contributed by atoms with Gasteiger partial charge in [0.1, 0.15) is 0 Å². The summed E-state index contributed by atoms with van der Waals surface area (Å²) in [4.78, 5) is 19.9. The van der Waals surface area contributed by atoms with Crippen LogP contribution in [-0.2, 0) is 0 Å². The lowest BCUT2D eigenvalue weighted by Gasteiger charge is -1.99. The average Bonchev–Trinajstić information content (AvgIpc) is 1.63. The van der Waals surface area contributed by atoms with Gasteiger partial charge < -0.3 is 15.7 Å². The highest BCUT2D eigenvalue weighted by atomic mass is 35.5. The van der Waals surface area contributed by atoms with Crippen molar-refractivity contribution in [2.24, 2.45) is 5.73 Å². The van der Waals surface area contributed by atoms with Crippen molar-refractivity contribution in [1.82, 2.24) is 4.90 Å². The number of carbonyl (C=O) groups excluding carboxylic acids is 1. The van der Waals surface area contributed by atoms with Crippen LogP contribution in [-0.4, -0.2) is 35.6 Å². The molecular weight excluding hydrogens is 160 g/mol. The van der Waals surface area contributed by atoms with Gasteiger partial charge in [-0.3, -0.25) is 4.79 Å². The Bertz CT molecular complexity index is 122. The molecule has 10 heavy (non-hydrogen) atoms. The van der Waals surface area contributed by atoms with E-state index >= 15 is 0 Å². The molecule has 0 unspecified atom stereocenters. The summed E-state index contributed by atoms with van der Waals surface area (Å²) in [5.41, 5.74) is 4.03. The number of nitrogens with two attached hydrogens (primary N) is 1. The van der Waals surface area contributed by atoms with Gasteiger partial charge in [0, 0.05) is 14.1 Å². The second kappa shape index (κ2) is 6.15. The first kappa shape index (κ1) is 11.8. The van der Waals surface area contributed by atoms with E-state index in [0.29, 0.717) is 0 Å². The van der Waals surface area contributed by atoms with E-state index in [0.717, 1.165) is 0 Å². The third-order valence-electron chi connectivity index (χ3n) is 0.352. The number of rotatable bonds is 0. The van der Waals surface area contributed by atoms with Gasteiger partial charge in [0.15, 0.2) is 0 Å². The van der Waals surface area contributed by atoms with Crippen LogP contribution in [0.1, 0.15) is 0 Å². The van der Waals surface area contributed by atoms with E-state index in [9.17, 15) is 4.79 Å². The van der Waals surface area contributed by atoms with Gasteiger partial charge in [0.2, 0.25) is 0 Å². The summed E-state index contributed by atoms with van der Waals surface area (Å²) in [6.45, 7) is 0. The van der Waals surface area contributed by atoms with Crippen LogP contribution in [0, 0.1) is 0 Å². The second-order valence-corrected chi connectivity index (χ2v) is 1.81. The third-order valence-corrected chi connectivity index (χ3v) is 0.690. The van der Waals surface area contributed by atoms with E-state index in [1.54, 1.807) is 14.1 Å². The Labute approximate surface area is 63.4 Å². The molecule has 0 rings (SSSR count). The number of nitrogens with zero attached hydrogens (tertiary/aromatic N) is 1. The highest BCUT2D eigenvalue weighted by Gasteiger charge is 1.91. The van der Waals surface area contributed by atoms with Crippen molar-refractivity contribution < 1.29 is 14.7 Å². The highest BCUT2D eigenvalue weighted by molar-refractivity contribution is 6.62. The van der Waals surface area contributed by atoms with E-state index in [2.05, 4.69) is 5.73 Å². The second-order valence-electron chi connectivity index (χ2n) is 1.49. The Kier molecular flexibility index (Phi) is 7.25. The number of carbonyl (C=O) groups is 2. The maximum Gasteiger partial charge on any atom is 0.402 e. The van der Waals surface area contributed by atoms with Crippen LogP contribution in [0.4, 0.5) is 9.59 Å². The largest absolute Gasteiger partial charge is 0.465 e. The lowest BCUT2D eigenvalue weighted by atomic mass is 11.0. The third kappa shape index (κ3) is 27.8. The van der Waals surface area contributed by atoms with Crippen LogP contribution < -0.4 is 5.73 Å². The van der Waals surface area contributed by atoms with Crippen molar-refractivity contribution in [3.05, 3.63) is 0 Å². The van der Waals surface area contributed by atoms with Crippen LogP contribution in [0.15, 0.2) is 0 Å². The zero-order chi connectivity index (χ0) is 8.73. The topological polar surface area (TPSA) is 83.6 Å². The maximum atomic E-state index is 9.83. The molecule has 6 heteroatoms. The molecule has 0 saturated carbocycles. The summed E-state index contributed by atoms with van der Waals surface area (Å²) >= 11 is 4.90. The normalized spacial score (nSPS) is 7.10. The molecule has 60 valence electrons. The van der Waals surface area contributed by atoms with Crippen LogP contribution in [0.2, 0.25) is 0 Å². The molecule has 3 N–H and O–H groups in total. The molecule has 0 aliphatic carbocycles. The van der Waals surface area contributed by atoms with E-state index in [-0.39, 0.29) is 0 Å². The molecule has 0 fully saturated rings. The zero-order valence-electron chi connectivity index (χ0n) is 5.67. The molecule has 0 spiro atoms. The van der Waals surface area contributed by atoms with Gasteiger partial charge in [-0.05, 0) is 11.6 Å². The number of hydrogen-bond donors (Lipinski definition) is 2. The fourth-order valence-electron chi connectivity index (χ4n) is 0. The van der Waals surface area contributed by atoms with E-state index in [4.69, 9.17) is 21.5 Å². The number of amides is 2. The van der Waals surface area contributed by atoms with Gasteiger partial charge in [-0.15, -0.1) is 0 Å². The predicted octanol–water partition coefficient (Wildman–Crippen LogP) is 0.530. The molecule has 5 nitrogen and oxygen atoms in total. The van der Waals surface area contributed by atoms with Crippen molar-refractivity contribution in [2.45, 2.75) is 0 Å². The Morgan fingerprint density at radius 1 is 1.50 bits per heavy atom. The van der Waals surface area contributed by atoms with Crippen LogP contribution in [0.3, 0.4) is 0 Å². The molecule has 2 amide bonds. The molecule has 0 aromatic heterocycles. The molecule has 0 saturated heterocycles. The van der Waals surface area contributed by atoms with Gasteiger partial charge in [-0.2, -0.15) is 0 Å². The molecule has 0 aromatic rings. The molecule has 0 radical (unpaired) electrons. The lowest BCUT2D eigenvalue weighted by Crippen LogP contribution is -2.13. The predicted molar refractivity (Wildman–Crippen MR) is 37.1 cm³/mol. The zero-order valence-corrected chi connectivity index (χ0v) is 6.42. The fraction of sp³-hybridized carbons (Fsp3) is 0.500. The molecule has 0 aliphatic rings. The summed E-state index contributed by atoms with van der Waals surface area (Å²) in [6.07, 6.45) is -1.33. The number of hydrogen-bond acceptors (Lipinski definition) is 2. The molecular formula is C4H9ClN2O3. The van der Waals surface area contributed by atoms with E-state index in [1.165, 1.54) is 4.90 Å². The first-order valence-electron chi connectivity index (χ1n) is 2.23. The van der Waals surface area contributed by atoms with Crippen LogP contribution >= 0.6 is 11.6 Å². The Morgan fingerprint density at radius 2 is 1.60 bits per heavy atom. The first-order valence-corrected chi connectivity index (χ1v) is 2.61. The van der Waals surface area contributed by atoms with Crippen molar-refractivity contribution in [3.8, 4) is 0 Å². The molecule has 0 aliphatic heterocycles. The summed E-state index contributed by atoms with van der Waals surface area (Å²) in [6, 6.07) is 0. The Morgan fingerprint density at radius 3 is 1.60 bits per heavy atom. The average molecular weight is 169 g/mol. The van der Waals surface area contributed by atoms with Crippen molar-refractivity contribution in [2.75, 3.05) is 14.1 Å². The monoisotopic (exact) mass is 168 g/mol. The van der Waals surface area contributed by atoms with Gasteiger partial charge >= 0.3 is 11.5 Å². The summed E-state index contributed by atoms with van der Waals surface area (Å²) in [7, 11) is 3.19. The molecule has 0 heterocycles. The minimum Gasteiger partial charge on any atom is -0.465 e. The van der Waals surface area contributed by atoms with Gasteiger partial charge in [-0.25, -0.2) is 4.79 Å². The minimum absolute atomic E-state index is 0.435. The quantitative estimate of drug-likeness (QED) is 0.409. The minimum atomic E-state index is -1.33. The standard InChI is InChI=1S/C3H6ClNO.CH3NO2/c1-5(2)3(4)6;2-1(3)4/h1-2H3;2H2,(H,3,4). The van der Waals surface area contributed by atoms with E-state index in [1.807, 2.05) is 0 Å².